The average molecular weight is 517 g/mol. The van der Waals surface area contributed by atoms with Gasteiger partial charge in [-0.05, 0) is 35.2 Å². The number of aromatic nitrogens is 1. The molecule has 0 aliphatic carbocycles. The summed E-state index contributed by atoms with van der Waals surface area (Å²) in [7, 11) is -2.75. The number of methoxy groups -OCH3 is 1. The number of benzene rings is 2. The van der Waals surface area contributed by atoms with Gasteiger partial charge in [-0.25, -0.2) is 13.3 Å². The van der Waals surface area contributed by atoms with Gasteiger partial charge in [-0.15, -0.1) is 0 Å². The minimum absolute atomic E-state index is 0.00567. The van der Waals surface area contributed by atoms with Gasteiger partial charge >= 0.3 is 0 Å². The number of sulfonamides is 1. The van der Waals surface area contributed by atoms with Crippen LogP contribution in [0.2, 0.25) is 5.02 Å². The molecule has 0 saturated heterocycles. The summed E-state index contributed by atoms with van der Waals surface area (Å²) in [5, 5.41) is 9.81. The van der Waals surface area contributed by atoms with Crippen molar-refractivity contribution >= 4 is 44.8 Å². The Morgan fingerprint density at radius 3 is 2.23 bits per heavy atom. The van der Waals surface area contributed by atoms with E-state index < -0.39 is 21.8 Å². The molecule has 2 amide bonds. The van der Waals surface area contributed by atoms with Crippen molar-refractivity contribution in [3.8, 4) is 5.75 Å². The van der Waals surface area contributed by atoms with Crippen molar-refractivity contribution in [2.75, 3.05) is 16.7 Å². The lowest BCUT2D eigenvalue weighted by Gasteiger charge is -2.19. The first-order valence-corrected chi connectivity index (χ1v) is 12.3. The van der Waals surface area contributed by atoms with Crippen LogP contribution < -0.4 is 19.1 Å². The SMILES string of the molecule is COc1cc[n+](O)cc1N1C(=O)c2c(Cl)ccc(NS(=O)(=O)c3ccc(C(C)(C)C)cc3)c2C1=O. The number of amides is 2. The maximum Gasteiger partial charge on any atom is 0.268 e. The second-order valence-corrected chi connectivity index (χ2v) is 11.0. The molecule has 0 radical (unpaired) electrons. The number of fused-ring (bicyclic) bond motifs is 1. The highest BCUT2D eigenvalue weighted by Gasteiger charge is 2.43. The van der Waals surface area contributed by atoms with Crippen molar-refractivity contribution in [2.24, 2.45) is 0 Å². The molecule has 35 heavy (non-hydrogen) atoms. The molecule has 1 aliphatic rings. The first kappa shape index (κ1) is 24.5. The quantitative estimate of drug-likeness (QED) is 0.303. The highest BCUT2D eigenvalue weighted by atomic mass is 35.5. The maximum atomic E-state index is 13.4. The van der Waals surface area contributed by atoms with Gasteiger partial charge in [0.05, 0.1) is 39.9 Å². The molecule has 182 valence electrons. The topological polar surface area (TPSA) is 117 Å². The van der Waals surface area contributed by atoms with E-state index in [-0.39, 0.29) is 43.6 Å². The molecule has 1 aliphatic heterocycles. The standard InChI is InChI=1S/C24H22ClN3O6S/c1-24(2,3)14-5-7-15(8-6-14)35(32,33)26-17-10-9-16(25)20-21(17)23(30)28(22(20)29)18-13-27(31)12-11-19(18)34-4/h5-13H,1-4H3,(H-,26,30,31)/p+1. The Balaban J connectivity index is 1.77. The molecule has 0 atom stereocenters. The lowest BCUT2D eigenvalue weighted by atomic mass is 9.87. The van der Waals surface area contributed by atoms with E-state index in [0.29, 0.717) is 4.73 Å². The van der Waals surface area contributed by atoms with E-state index in [1.165, 1.54) is 43.6 Å². The van der Waals surface area contributed by atoms with E-state index in [9.17, 15) is 23.2 Å². The molecule has 0 unspecified atom stereocenters. The predicted octanol–water partition coefficient (Wildman–Crippen LogP) is 3.77. The Kier molecular flexibility index (Phi) is 5.98. The van der Waals surface area contributed by atoms with Crippen molar-refractivity contribution in [3.63, 3.8) is 0 Å². The molecule has 0 bridgehead atoms. The lowest BCUT2D eigenvalue weighted by molar-refractivity contribution is -0.904. The second kappa shape index (κ2) is 8.54. The van der Waals surface area contributed by atoms with E-state index in [1.807, 2.05) is 20.8 Å². The predicted molar refractivity (Wildman–Crippen MR) is 129 cm³/mol. The van der Waals surface area contributed by atoms with Crippen LogP contribution in [-0.2, 0) is 15.4 Å². The molecule has 2 aromatic carbocycles. The Hall–Kier alpha value is -3.63. The number of ether oxygens (including phenoxy) is 1. The van der Waals surface area contributed by atoms with Crippen molar-refractivity contribution in [2.45, 2.75) is 31.1 Å². The van der Waals surface area contributed by atoms with E-state index in [1.54, 1.807) is 12.1 Å². The summed E-state index contributed by atoms with van der Waals surface area (Å²) in [4.78, 5) is 27.4. The van der Waals surface area contributed by atoms with E-state index in [2.05, 4.69) is 4.72 Å². The smallest absolute Gasteiger partial charge is 0.268 e. The van der Waals surface area contributed by atoms with Crippen LogP contribution in [-0.4, -0.2) is 32.5 Å². The van der Waals surface area contributed by atoms with Crippen LogP contribution in [0.5, 0.6) is 5.75 Å². The van der Waals surface area contributed by atoms with Crippen molar-refractivity contribution in [1.82, 2.24) is 0 Å². The molecule has 0 fully saturated rings. The zero-order valence-electron chi connectivity index (χ0n) is 19.4. The summed E-state index contributed by atoms with van der Waals surface area (Å²) in [6.07, 6.45) is 2.38. The van der Waals surface area contributed by atoms with Crippen LogP contribution >= 0.6 is 11.6 Å². The Morgan fingerprint density at radius 2 is 1.63 bits per heavy atom. The van der Waals surface area contributed by atoms with E-state index in [4.69, 9.17) is 16.3 Å². The van der Waals surface area contributed by atoms with Crippen molar-refractivity contribution in [3.05, 3.63) is 76.6 Å². The van der Waals surface area contributed by atoms with Gasteiger partial charge in [0.15, 0.2) is 11.4 Å². The van der Waals surface area contributed by atoms with Gasteiger partial charge in [-0.1, -0.05) is 44.5 Å². The van der Waals surface area contributed by atoms with Crippen LogP contribution in [0.25, 0.3) is 0 Å². The van der Waals surface area contributed by atoms with E-state index >= 15 is 0 Å². The molecule has 3 aromatic rings. The number of nitrogens with one attached hydrogen (secondary N) is 1. The van der Waals surface area contributed by atoms with Gasteiger partial charge in [-0.2, -0.15) is 0 Å². The first-order valence-electron chi connectivity index (χ1n) is 10.5. The normalized spacial score (nSPS) is 13.7. The molecule has 0 spiro atoms. The van der Waals surface area contributed by atoms with Crippen molar-refractivity contribution < 1.29 is 32.7 Å². The van der Waals surface area contributed by atoms with Crippen LogP contribution in [0.1, 0.15) is 47.1 Å². The summed E-state index contributed by atoms with van der Waals surface area (Å²) in [6.45, 7) is 6.04. The number of hydrogen-bond acceptors (Lipinski definition) is 6. The highest BCUT2D eigenvalue weighted by molar-refractivity contribution is 7.92. The van der Waals surface area contributed by atoms with Crippen LogP contribution in [0.15, 0.2) is 59.8 Å². The molecule has 1 aromatic heterocycles. The fourth-order valence-electron chi connectivity index (χ4n) is 3.77. The molecule has 9 nitrogen and oxygen atoms in total. The monoisotopic (exact) mass is 516 g/mol. The number of imide groups is 1. The van der Waals surface area contributed by atoms with E-state index in [0.717, 1.165) is 16.7 Å². The highest BCUT2D eigenvalue weighted by Crippen LogP contribution is 2.40. The zero-order valence-corrected chi connectivity index (χ0v) is 20.9. The molecule has 2 N–H and O–H groups in total. The molecule has 4 rings (SSSR count). The third-order valence-corrected chi connectivity index (χ3v) is 7.31. The number of carbonyl (C=O) groups excluding carboxylic acids is 2. The first-order chi connectivity index (χ1) is 16.3. The number of rotatable bonds is 5. The Morgan fingerprint density at radius 1 is 1.00 bits per heavy atom. The minimum Gasteiger partial charge on any atom is -0.494 e. The number of pyridine rings is 1. The number of anilines is 2. The van der Waals surface area contributed by atoms with Gasteiger partial charge in [-0.3, -0.25) is 19.5 Å². The summed E-state index contributed by atoms with van der Waals surface area (Å²) in [5.74, 6) is -1.46. The molecule has 11 heteroatoms. The van der Waals surface area contributed by atoms with Gasteiger partial charge < -0.3 is 4.74 Å². The maximum absolute atomic E-state index is 13.4. The van der Waals surface area contributed by atoms with Crippen LogP contribution in [0, 0.1) is 0 Å². The van der Waals surface area contributed by atoms with Crippen LogP contribution in [0.3, 0.4) is 0 Å². The number of carbonyl (C=O) groups is 2. The zero-order chi connectivity index (χ0) is 25.7. The summed E-state index contributed by atoms with van der Waals surface area (Å²) in [6, 6.07) is 10.4. The molecule has 0 saturated carbocycles. The largest absolute Gasteiger partial charge is 0.494 e. The average Bonchev–Trinajstić information content (AvgIpc) is 3.06. The molecule has 2 heterocycles. The third kappa shape index (κ3) is 4.30. The lowest BCUT2D eigenvalue weighted by Crippen LogP contribution is -2.35. The third-order valence-electron chi connectivity index (χ3n) is 5.61. The number of nitrogens with zero attached hydrogens (tertiary/aromatic N) is 2. The van der Waals surface area contributed by atoms with Gasteiger partial charge in [0.25, 0.3) is 21.8 Å². The summed E-state index contributed by atoms with van der Waals surface area (Å²) < 4.78 is 34.5. The Bertz CT molecular complexity index is 1460. The summed E-state index contributed by atoms with van der Waals surface area (Å²) >= 11 is 6.25. The van der Waals surface area contributed by atoms with Gasteiger partial charge in [0.1, 0.15) is 0 Å². The fourth-order valence-corrected chi connectivity index (χ4v) is 5.08. The fraction of sp³-hybridized carbons (Fsp3) is 0.208. The van der Waals surface area contributed by atoms with Crippen LogP contribution in [0.4, 0.5) is 11.4 Å². The van der Waals surface area contributed by atoms with Crippen molar-refractivity contribution in [1.29, 1.82) is 0 Å². The second-order valence-electron chi connectivity index (χ2n) is 8.95. The number of halogens is 1. The van der Waals surface area contributed by atoms with Gasteiger partial charge in [0, 0.05) is 4.73 Å². The Labute approximate surface area is 207 Å². The molecular formula is C24H23ClN3O6S+. The molecular weight excluding hydrogens is 494 g/mol. The summed E-state index contributed by atoms with van der Waals surface area (Å²) in [5.41, 5.74) is 0.304. The van der Waals surface area contributed by atoms with Gasteiger partial charge in [0.2, 0.25) is 12.4 Å². The minimum atomic E-state index is -4.10. The number of hydrogen-bond donors (Lipinski definition) is 2.